The number of rotatable bonds is 2. The van der Waals surface area contributed by atoms with Gasteiger partial charge in [-0.15, -0.1) is 0 Å². The van der Waals surface area contributed by atoms with Crippen LogP contribution in [-0.2, 0) is 0 Å². The first-order valence-corrected chi connectivity index (χ1v) is 7.00. The summed E-state index contributed by atoms with van der Waals surface area (Å²) in [6.45, 7) is 1.31. The number of hydrogen-bond donors (Lipinski definition) is 1. The van der Waals surface area contributed by atoms with E-state index in [1.807, 2.05) is 18.2 Å². The molecule has 106 valence electrons. The third-order valence-corrected chi connectivity index (χ3v) is 3.44. The molecular weight excluding hydrogens is 288 g/mol. The van der Waals surface area contributed by atoms with Crippen molar-refractivity contribution in [3.05, 3.63) is 47.0 Å². The van der Waals surface area contributed by atoms with Crippen LogP contribution in [0.4, 0.5) is 11.4 Å². The highest BCUT2D eigenvalue weighted by Gasteiger charge is 2.11. The van der Waals surface area contributed by atoms with Crippen LogP contribution in [0.1, 0.15) is 12.0 Å². The average Bonchev–Trinajstić information content (AvgIpc) is 2.74. The third kappa shape index (κ3) is 3.04. The van der Waals surface area contributed by atoms with Crippen molar-refractivity contribution < 1.29 is 9.47 Å². The maximum Gasteiger partial charge on any atom is 0.163 e. The van der Waals surface area contributed by atoms with Gasteiger partial charge >= 0.3 is 0 Å². The van der Waals surface area contributed by atoms with Crippen molar-refractivity contribution in [2.24, 2.45) is 0 Å². The molecule has 0 saturated heterocycles. The SMILES string of the molecule is N#Cc1ccc(Nc2ccc3c(c2)OCCCO3)c(Cl)c1. The fourth-order valence-corrected chi connectivity index (χ4v) is 2.31. The predicted molar refractivity (Wildman–Crippen MR) is 81.5 cm³/mol. The van der Waals surface area contributed by atoms with Gasteiger partial charge in [0.15, 0.2) is 11.5 Å². The second kappa shape index (κ2) is 5.94. The van der Waals surface area contributed by atoms with Crippen molar-refractivity contribution in [2.75, 3.05) is 18.5 Å². The van der Waals surface area contributed by atoms with Gasteiger partial charge in [-0.05, 0) is 30.3 Å². The van der Waals surface area contributed by atoms with Gasteiger partial charge in [-0.3, -0.25) is 0 Å². The van der Waals surface area contributed by atoms with E-state index in [1.54, 1.807) is 18.2 Å². The molecule has 5 heteroatoms. The molecule has 0 amide bonds. The van der Waals surface area contributed by atoms with Gasteiger partial charge in [-0.25, -0.2) is 0 Å². The highest BCUT2D eigenvalue weighted by molar-refractivity contribution is 6.33. The second-order valence-corrected chi connectivity index (χ2v) is 5.05. The van der Waals surface area contributed by atoms with Crippen LogP contribution in [0.5, 0.6) is 11.5 Å². The summed E-state index contributed by atoms with van der Waals surface area (Å²) < 4.78 is 11.2. The van der Waals surface area contributed by atoms with E-state index in [-0.39, 0.29) is 0 Å². The van der Waals surface area contributed by atoms with E-state index in [4.69, 9.17) is 26.3 Å². The summed E-state index contributed by atoms with van der Waals surface area (Å²) in [4.78, 5) is 0. The van der Waals surface area contributed by atoms with Gasteiger partial charge in [0.25, 0.3) is 0 Å². The largest absolute Gasteiger partial charge is 0.490 e. The number of nitriles is 1. The molecule has 0 aliphatic carbocycles. The minimum Gasteiger partial charge on any atom is -0.490 e. The van der Waals surface area contributed by atoms with E-state index in [0.717, 1.165) is 29.3 Å². The number of anilines is 2. The Hall–Kier alpha value is -2.38. The van der Waals surface area contributed by atoms with Gasteiger partial charge in [0.05, 0.1) is 35.6 Å². The van der Waals surface area contributed by atoms with Crippen LogP contribution in [-0.4, -0.2) is 13.2 Å². The number of fused-ring (bicyclic) bond motifs is 1. The van der Waals surface area contributed by atoms with Crippen molar-refractivity contribution in [1.29, 1.82) is 5.26 Å². The summed E-state index contributed by atoms with van der Waals surface area (Å²) in [6.07, 6.45) is 0.874. The van der Waals surface area contributed by atoms with E-state index in [9.17, 15) is 0 Å². The molecule has 0 saturated carbocycles. The molecule has 0 radical (unpaired) electrons. The summed E-state index contributed by atoms with van der Waals surface area (Å²) in [7, 11) is 0. The maximum atomic E-state index is 8.84. The van der Waals surface area contributed by atoms with Gasteiger partial charge in [0.1, 0.15) is 0 Å². The molecule has 1 heterocycles. The Labute approximate surface area is 127 Å². The maximum absolute atomic E-state index is 8.84. The molecule has 21 heavy (non-hydrogen) atoms. The molecular formula is C16H13ClN2O2. The van der Waals surface area contributed by atoms with Crippen LogP contribution >= 0.6 is 11.6 Å². The Bertz CT molecular complexity index is 710. The number of halogens is 1. The standard InChI is InChI=1S/C16H13ClN2O2/c17-13-8-11(10-18)2-4-14(13)19-12-3-5-15-16(9-12)21-7-1-6-20-15/h2-5,8-9,19H,1,6-7H2. The quantitative estimate of drug-likeness (QED) is 0.906. The summed E-state index contributed by atoms with van der Waals surface area (Å²) in [5.41, 5.74) is 2.13. The monoisotopic (exact) mass is 300 g/mol. The predicted octanol–water partition coefficient (Wildman–Crippen LogP) is 4.12. The summed E-state index contributed by atoms with van der Waals surface area (Å²) in [5, 5.41) is 12.6. The van der Waals surface area contributed by atoms with Gasteiger partial charge in [-0.2, -0.15) is 5.26 Å². The van der Waals surface area contributed by atoms with Gasteiger partial charge in [-0.1, -0.05) is 11.6 Å². The number of benzene rings is 2. The van der Waals surface area contributed by atoms with Gasteiger partial charge in [0.2, 0.25) is 0 Å². The molecule has 1 aliphatic rings. The Morgan fingerprint density at radius 1 is 1.05 bits per heavy atom. The molecule has 0 aromatic heterocycles. The molecule has 1 aliphatic heterocycles. The number of ether oxygens (including phenoxy) is 2. The normalized spacial score (nSPS) is 13.1. The molecule has 2 aromatic rings. The van der Waals surface area contributed by atoms with Crippen molar-refractivity contribution in [3.8, 4) is 17.6 Å². The fourth-order valence-electron chi connectivity index (χ4n) is 2.08. The van der Waals surface area contributed by atoms with E-state index in [2.05, 4.69) is 11.4 Å². The van der Waals surface area contributed by atoms with Crippen molar-refractivity contribution in [3.63, 3.8) is 0 Å². The van der Waals surface area contributed by atoms with Crippen LogP contribution in [0, 0.1) is 11.3 Å². The van der Waals surface area contributed by atoms with Crippen LogP contribution in [0.3, 0.4) is 0 Å². The van der Waals surface area contributed by atoms with Crippen molar-refractivity contribution in [1.82, 2.24) is 0 Å². The van der Waals surface area contributed by atoms with Gasteiger partial charge in [0, 0.05) is 18.2 Å². The smallest absolute Gasteiger partial charge is 0.163 e. The molecule has 1 N–H and O–H groups in total. The number of hydrogen-bond acceptors (Lipinski definition) is 4. The Morgan fingerprint density at radius 3 is 2.62 bits per heavy atom. The zero-order valence-corrected chi connectivity index (χ0v) is 12.0. The summed E-state index contributed by atoms with van der Waals surface area (Å²) in [6, 6.07) is 12.9. The van der Waals surface area contributed by atoms with Crippen LogP contribution in [0.15, 0.2) is 36.4 Å². The van der Waals surface area contributed by atoms with Crippen LogP contribution < -0.4 is 14.8 Å². The first kappa shape index (κ1) is 13.6. The molecule has 0 fully saturated rings. The Kier molecular flexibility index (Phi) is 3.85. The highest BCUT2D eigenvalue weighted by atomic mass is 35.5. The van der Waals surface area contributed by atoms with Crippen LogP contribution in [0.25, 0.3) is 0 Å². The average molecular weight is 301 g/mol. The molecule has 4 nitrogen and oxygen atoms in total. The first-order valence-electron chi connectivity index (χ1n) is 6.62. The lowest BCUT2D eigenvalue weighted by molar-refractivity contribution is 0.297. The zero-order chi connectivity index (χ0) is 14.7. The first-order chi connectivity index (χ1) is 10.3. The molecule has 0 spiro atoms. The Balaban J connectivity index is 1.85. The molecule has 3 rings (SSSR count). The highest BCUT2D eigenvalue weighted by Crippen LogP contribution is 2.34. The second-order valence-electron chi connectivity index (χ2n) is 4.64. The number of nitrogens with one attached hydrogen (secondary N) is 1. The Morgan fingerprint density at radius 2 is 1.86 bits per heavy atom. The molecule has 2 aromatic carbocycles. The van der Waals surface area contributed by atoms with E-state index in [0.29, 0.717) is 23.8 Å². The fraction of sp³-hybridized carbons (Fsp3) is 0.188. The lowest BCUT2D eigenvalue weighted by Crippen LogP contribution is -1.97. The molecule has 0 atom stereocenters. The lowest BCUT2D eigenvalue weighted by Gasteiger charge is -2.12. The van der Waals surface area contributed by atoms with Crippen molar-refractivity contribution in [2.45, 2.75) is 6.42 Å². The zero-order valence-electron chi connectivity index (χ0n) is 11.2. The van der Waals surface area contributed by atoms with E-state index >= 15 is 0 Å². The third-order valence-electron chi connectivity index (χ3n) is 3.12. The van der Waals surface area contributed by atoms with Crippen LogP contribution in [0.2, 0.25) is 5.02 Å². The lowest BCUT2D eigenvalue weighted by atomic mass is 10.2. The molecule has 0 unspecified atom stereocenters. The van der Waals surface area contributed by atoms with E-state index < -0.39 is 0 Å². The van der Waals surface area contributed by atoms with E-state index in [1.165, 1.54) is 0 Å². The topological polar surface area (TPSA) is 54.3 Å². The van der Waals surface area contributed by atoms with Crippen molar-refractivity contribution >= 4 is 23.0 Å². The minimum absolute atomic E-state index is 0.501. The number of nitrogens with zero attached hydrogens (tertiary/aromatic N) is 1. The molecule has 0 bridgehead atoms. The summed E-state index contributed by atoms with van der Waals surface area (Å²) >= 11 is 6.16. The van der Waals surface area contributed by atoms with Gasteiger partial charge < -0.3 is 14.8 Å². The summed E-state index contributed by atoms with van der Waals surface area (Å²) in [5.74, 6) is 1.48. The minimum atomic E-state index is 0.501.